The van der Waals surface area contributed by atoms with Crippen LogP contribution >= 0.6 is 0 Å². The van der Waals surface area contributed by atoms with Gasteiger partial charge < -0.3 is 10.6 Å². The van der Waals surface area contributed by atoms with Gasteiger partial charge in [-0.15, -0.1) is 0 Å². The summed E-state index contributed by atoms with van der Waals surface area (Å²) < 4.78 is 0. The second kappa shape index (κ2) is 4.75. The van der Waals surface area contributed by atoms with Crippen molar-refractivity contribution < 1.29 is 4.79 Å². The first kappa shape index (κ1) is 11.9. The number of carbonyl (C=O) groups is 1. The van der Waals surface area contributed by atoms with Gasteiger partial charge in [-0.1, -0.05) is 6.92 Å². The molecule has 1 aliphatic heterocycles. The Morgan fingerprint density at radius 1 is 1.65 bits per heavy atom. The van der Waals surface area contributed by atoms with Crippen LogP contribution in [0.1, 0.15) is 24.3 Å². The topological polar surface area (TPSA) is 78.2 Å². The lowest BCUT2D eigenvalue weighted by Gasteiger charge is -2.39. The Labute approximate surface area is 101 Å². The first-order chi connectivity index (χ1) is 8.11. The van der Waals surface area contributed by atoms with E-state index in [1.807, 2.05) is 4.90 Å². The predicted octanol–water partition coefficient (Wildman–Crippen LogP) is 0.158. The molecule has 3 N–H and O–H groups in total. The molecule has 1 atom stereocenters. The molecule has 1 amide bonds. The summed E-state index contributed by atoms with van der Waals surface area (Å²) in [5, 5.41) is 6.44. The molecule has 2 heterocycles. The maximum Gasteiger partial charge on any atom is 0.272 e. The molecule has 1 aromatic rings. The molecule has 0 radical (unpaired) electrons. The number of nitrogens with zero attached hydrogens (tertiary/aromatic N) is 3. The van der Waals surface area contributed by atoms with Crippen molar-refractivity contribution in [1.29, 1.82) is 0 Å². The van der Waals surface area contributed by atoms with E-state index >= 15 is 0 Å². The van der Waals surface area contributed by atoms with Crippen molar-refractivity contribution in [2.75, 3.05) is 31.9 Å². The number of H-pyrrole nitrogens is 1. The summed E-state index contributed by atoms with van der Waals surface area (Å²) in [7, 11) is 0. The minimum atomic E-state index is -0.0168. The van der Waals surface area contributed by atoms with Crippen molar-refractivity contribution in [2.24, 2.45) is 0 Å². The summed E-state index contributed by atoms with van der Waals surface area (Å²) in [6.45, 7) is 7.75. The molecule has 1 aliphatic rings. The molecule has 0 bridgehead atoms. The number of rotatable bonds is 2. The fraction of sp³-hybridized carbons (Fsp3) is 0.636. The van der Waals surface area contributed by atoms with E-state index in [4.69, 9.17) is 5.73 Å². The Balaban J connectivity index is 2.02. The third kappa shape index (κ3) is 2.41. The van der Waals surface area contributed by atoms with Gasteiger partial charge in [0.2, 0.25) is 0 Å². The maximum atomic E-state index is 12.1. The lowest BCUT2D eigenvalue weighted by molar-refractivity contribution is 0.0523. The molecule has 0 spiro atoms. The largest absolute Gasteiger partial charge is 0.382 e. The van der Waals surface area contributed by atoms with Gasteiger partial charge in [-0.2, -0.15) is 5.10 Å². The van der Waals surface area contributed by atoms with Crippen molar-refractivity contribution in [3.8, 4) is 0 Å². The second-order valence-corrected chi connectivity index (χ2v) is 4.44. The number of nitrogens with two attached hydrogens (primary N) is 1. The van der Waals surface area contributed by atoms with Crippen molar-refractivity contribution in [3.05, 3.63) is 11.8 Å². The Morgan fingerprint density at radius 3 is 2.94 bits per heavy atom. The summed E-state index contributed by atoms with van der Waals surface area (Å²) >= 11 is 0. The van der Waals surface area contributed by atoms with E-state index in [0.717, 1.165) is 26.2 Å². The van der Waals surface area contributed by atoms with Gasteiger partial charge in [0.1, 0.15) is 11.5 Å². The molecular formula is C11H19N5O. The molecule has 1 aromatic heterocycles. The van der Waals surface area contributed by atoms with Gasteiger partial charge in [-0.25, -0.2) is 0 Å². The standard InChI is InChI=1S/C11H19N5O/c1-3-15-4-5-16(7-8(15)2)11(17)9-6-10(12)14-13-9/h6,8H,3-5,7H2,1-2H3,(H3,12,13,14). The van der Waals surface area contributed by atoms with Gasteiger partial charge in [0.05, 0.1) is 0 Å². The number of nitrogens with one attached hydrogen (secondary N) is 1. The predicted molar refractivity (Wildman–Crippen MR) is 65.6 cm³/mol. The van der Waals surface area contributed by atoms with Crippen LogP contribution in [-0.2, 0) is 0 Å². The van der Waals surface area contributed by atoms with Gasteiger partial charge in [0, 0.05) is 31.7 Å². The highest BCUT2D eigenvalue weighted by Crippen LogP contribution is 2.12. The van der Waals surface area contributed by atoms with Gasteiger partial charge in [-0.05, 0) is 13.5 Å². The summed E-state index contributed by atoms with van der Waals surface area (Å²) in [5.74, 6) is 0.338. The molecule has 6 heteroatoms. The smallest absolute Gasteiger partial charge is 0.272 e. The number of piperazine rings is 1. The molecule has 0 aromatic carbocycles. The first-order valence-electron chi connectivity index (χ1n) is 5.96. The quantitative estimate of drug-likeness (QED) is 0.768. The Bertz CT molecular complexity index is 402. The summed E-state index contributed by atoms with van der Waals surface area (Å²) in [5.41, 5.74) is 5.97. The summed E-state index contributed by atoms with van der Waals surface area (Å²) in [6, 6.07) is 1.98. The average molecular weight is 237 g/mol. The van der Waals surface area contributed by atoms with E-state index in [1.54, 1.807) is 6.07 Å². The van der Waals surface area contributed by atoms with Gasteiger partial charge >= 0.3 is 0 Å². The number of aromatic nitrogens is 2. The number of hydrogen-bond acceptors (Lipinski definition) is 4. The molecule has 2 rings (SSSR count). The van der Waals surface area contributed by atoms with Crippen LogP contribution in [0.5, 0.6) is 0 Å². The van der Waals surface area contributed by atoms with Gasteiger partial charge in [0.25, 0.3) is 5.91 Å². The number of amides is 1. The lowest BCUT2D eigenvalue weighted by atomic mass is 10.2. The Kier molecular flexibility index (Phi) is 3.33. The zero-order chi connectivity index (χ0) is 12.4. The van der Waals surface area contributed by atoms with E-state index in [1.165, 1.54) is 0 Å². The molecule has 1 saturated heterocycles. The van der Waals surface area contributed by atoms with E-state index in [2.05, 4.69) is 28.9 Å². The average Bonchev–Trinajstić information content (AvgIpc) is 2.75. The van der Waals surface area contributed by atoms with E-state index in [-0.39, 0.29) is 5.91 Å². The number of likely N-dealkylation sites (N-methyl/N-ethyl adjacent to an activating group) is 1. The zero-order valence-corrected chi connectivity index (χ0v) is 10.3. The number of nitrogen functional groups attached to an aromatic ring is 1. The SMILES string of the molecule is CCN1CCN(C(=O)c2cc(N)n[nH]2)CC1C. The minimum absolute atomic E-state index is 0.0168. The van der Waals surface area contributed by atoms with Crippen LogP contribution in [-0.4, -0.2) is 58.1 Å². The Hall–Kier alpha value is -1.56. The Morgan fingerprint density at radius 2 is 2.41 bits per heavy atom. The van der Waals surface area contributed by atoms with E-state index < -0.39 is 0 Å². The van der Waals surface area contributed by atoms with Crippen molar-refractivity contribution in [3.63, 3.8) is 0 Å². The molecule has 1 fully saturated rings. The highest BCUT2D eigenvalue weighted by atomic mass is 16.2. The third-order valence-electron chi connectivity index (χ3n) is 3.29. The molecule has 94 valence electrons. The lowest BCUT2D eigenvalue weighted by Crippen LogP contribution is -2.53. The molecule has 0 aliphatic carbocycles. The summed E-state index contributed by atoms with van der Waals surface area (Å²) in [6.07, 6.45) is 0. The molecule has 17 heavy (non-hydrogen) atoms. The van der Waals surface area contributed by atoms with Crippen molar-refractivity contribution in [1.82, 2.24) is 20.0 Å². The fourth-order valence-corrected chi connectivity index (χ4v) is 2.27. The van der Waals surface area contributed by atoms with Crippen LogP contribution in [0.3, 0.4) is 0 Å². The van der Waals surface area contributed by atoms with Gasteiger partial charge in [-0.3, -0.25) is 14.8 Å². The maximum absolute atomic E-state index is 12.1. The molecule has 0 saturated carbocycles. The van der Waals surface area contributed by atoms with E-state index in [0.29, 0.717) is 17.6 Å². The highest BCUT2D eigenvalue weighted by molar-refractivity contribution is 5.93. The van der Waals surface area contributed by atoms with Crippen LogP contribution < -0.4 is 5.73 Å². The van der Waals surface area contributed by atoms with Crippen LogP contribution in [0.25, 0.3) is 0 Å². The van der Waals surface area contributed by atoms with Crippen molar-refractivity contribution in [2.45, 2.75) is 19.9 Å². The third-order valence-corrected chi connectivity index (χ3v) is 3.29. The monoisotopic (exact) mass is 237 g/mol. The second-order valence-electron chi connectivity index (χ2n) is 4.44. The van der Waals surface area contributed by atoms with Gasteiger partial charge in [0.15, 0.2) is 0 Å². The minimum Gasteiger partial charge on any atom is -0.382 e. The fourth-order valence-electron chi connectivity index (χ4n) is 2.27. The number of anilines is 1. The van der Waals surface area contributed by atoms with Crippen LogP contribution in [0.4, 0.5) is 5.82 Å². The molecule has 6 nitrogen and oxygen atoms in total. The van der Waals surface area contributed by atoms with Crippen molar-refractivity contribution >= 4 is 11.7 Å². The molecular weight excluding hydrogens is 218 g/mol. The summed E-state index contributed by atoms with van der Waals surface area (Å²) in [4.78, 5) is 16.4. The zero-order valence-electron chi connectivity index (χ0n) is 10.3. The number of carbonyl (C=O) groups excluding carboxylic acids is 1. The highest BCUT2D eigenvalue weighted by Gasteiger charge is 2.26. The van der Waals surface area contributed by atoms with E-state index in [9.17, 15) is 4.79 Å². The normalized spacial score (nSPS) is 21.8. The number of aromatic amines is 1. The first-order valence-corrected chi connectivity index (χ1v) is 5.96. The van der Waals surface area contributed by atoms with Crippen LogP contribution in [0.15, 0.2) is 6.07 Å². The van der Waals surface area contributed by atoms with Crippen LogP contribution in [0.2, 0.25) is 0 Å². The molecule has 1 unspecified atom stereocenters. The van der Waals surface area contributed by atoms with Crippen LogP contribution in [0, 0.1) is 0 Å². The number of hydrogen-bond donors (Lipinski definition) is 2.